The number of ether oxygens (including phenoxy) is 1. The number of carbonyl (C=O) groups is 1. The Morgan fingerprint density at radius 1 is 1.38 bits per heavy atom. The highest BCUT2D eigenvalue weighted by molar-refractivity contribution is 5.90. The first kappa shape index (κ1) is 12.0. The highest BCUT2D eigenvalue weighted by Gasteiger charge is 2.31. The van der Waals surface area contributed by atoms with Crippen LogP contribution in [0, 0.1) is 27.6 Å². The summed E-state index contributed by atoms with van der Waals surface area (Å²) in [5, 5.41) is 10.3. The van der Waals surface area contributed by atoms with Gasteiger partial charge in [0.05, 0.1) is 12.0 Å². The third-order valence-corrected chi connectivity index (χ3v) is 1.72. The molecule has 0 aliphatic heterocycles. The van der Waals surface area contributed by atoms with Gasteiger partial charge < -0.3 is 4.74 Å². The van der Waals surface area contributed by atoms with Crippen LogP contribution in [0.3, 0.4) is 0 Å². The van der Waals surface area contributed by atoms with Crippen LogP contribution in [0.15, 0.2) is 6.07 Å². The summed E-state index contributed by atoms with van der Waals surface area (Å²) in [4.78, 5) is 19.8. The first-order valence-electron chi connectivity index (χ1n) is 3.80. The number of methoxy groups -OCH3 is 1. The van der Waals surface area contributed by atoms with E-state index in [1.165, 1.54) is 0 Å². The van der Waals surface area contributed by atoms with E-state index in [-0.39, 0.29) is 6.07 Å². The second-order valence-corrected chi connectivity index (χ2v) is 2.63. The van der Waals surface area contributed by atoms with Crippen LogP contribution in [0.5, 0.6) is 0 Å². The number of rotatable bonds is 2. The second kappa shape index (κ2) is 4.17. The number of benzene rings is 1. The Morgan fingerprint density at radius 2 is 1.94 bits per heavy atom. The third kappa shape index (κ3) is 1.81. The lowest BCUT2D eigenvalue weighted by molar-refractivity contribution is -0.390. The smallest absolute Gasteiger partial charge is 0.344 e. The minimum Gasteiger partial charge on any atom is -0.465 e. The molecule has 1 rings (SSSR count). The van der Waals surface area contributed by atoms with E-state index >= 15 is 0 Å². The molecule has 0 atom stereocenters. The van der Waals surface area contributed by atoms with E-state index in [9.17, 15) is 28.1 Å². The molecule has 0 saturated heterocycles. The van der Waals surface area contributed by atoms with Gasteiger partial charge in [-0.2, -0.15) is 8.78 Å². The van der Waals surface area contributed by atoms with Gasteiger partial charge in [-0.25, -0.2) is 9.18 Å². The van der Waals surface area contributed by atoms with Gasteiger partial charge in [0.25, 0.3) is 0 Å². The van der Waals surface area contributed by atoms with Crippen LogP contribution >= 0.6 is 0 Å². The molecule has 0 saturated carbocycles. The lowest BCUT2D eigenvalue weighted by Crippen LogP contribution is -2.11. The molecule has 0 N–H and O–H groups in total. The van der Waals surface area contributed by atoms with Crippen molar-refractivity contribution in [2.75, 3.05) is 7.11 Å². The lowest BCUT2D eigenvalue weighted by atomic mass is 10.1. The topological polar surface area (TPSA) is 69.4 Å². The minimum absolute atomic E-state index is 0.0491. The number of hydrogen-bond acceptors (Lipinski definition) is 4. The predicted octanol–water partition coefficient (Wildman–Crippen LogP) is 1.80. The first-order chi connectivity index (χ1) is 7.40. The molecule has 5 nitrogen and oxygen atoms in total. The molecule has 16 heavy (non-hydrogen) atoms. The van der Waals surface area contributed by atoms with Gasteiger partial charge in [-0.05, 0) is 0 Å². The Balaban J connectivity index is 3.57. The van der Waals surface area contributed by atoms with Crippen molar-refractivity contribution >= 4 is 11.7 Å². The summed E-state index contributed by atoms with van der Waals surface area (Å²) in [5.41, 5.74) is -2.89. The first-order valence-corrected chi connectivity index (χ1v) is 3.80. The minimum atomic E-state index is -1.89. The summed E-state index contributed by atoms with van der Waals surface area (Å²) in [6.07, 6.45) is 0. The molecule has 0 heterocycles. The molecule has 1 aromatic rings. The highest BCUT2D eigenvalue weighted by atomic mass is 19.1. The Morgan fingerprint density at radius 3 is 2.38 bits per heavy atom. The molecule has 8 heteroatoms. The van der Waals surface area contributed by atoms with Crippen molar-refractivity contribution in [1.29, 1.82) is 0 Å². The molecule has 0 spiro atoms. The number of nitrogens with zero attached hydrogens (tertiary/aromatic N) is 1. The fraction of sp³-hybridized carbons (Fsp3) is 0.125. The summed E-state index contributed by atoms with van der Waals surface area (Å²) >= 11 is 0. The fourth-order valence-electron chi connectivity index (χ4n) is 1.04. The van der Waals surface area contributed by atoms with Crippen molar-refractivity contribution in [2.45, 2.75) is 0 Å². The quantitative estimate of drug-likeness (QED) is 0.445. The molecule has 0 aromatic heterocycles. The van der Waals surface area contributed by atoms with Gasteiger partial charge in [0.1, 0.15) is 11.4 Å². The Bertz CT molecular complexity index is 475. The molecular formula is C8H4F3NO4. The van der Waals surface area contributed by atoms with Crippen molar-refractivity contribution in [3.63, 3.8) is 0 Å². The van der Waals surface area contributed by atoms with Crippen LogP contribution in [0.1, 0.15) is 10.4 Å². The van der Waals surface area contributed by atoms with Crippen LogP contribution in [0.2, 0.25) is 0 Å². The monoisotopic (exact) mass is 235 g/mol. The van der Waals surface area contributed by atoms with E-state index in [1.54, 1.807) is 0 Å². The van der Waals surface area contributed by atoms with Crippen LogP contribution in [0.25, 0.3) is 0 Å². The van der Waals surface area contributed by atoms with Crippen molar-refractivity contribution in [3.8, 4) is 0 Å². The van der Waals surface area contributed by atoms with E-state index in [0.29, 0.717) is 0 Å². The molecular weight excluding hydrogens is 231 g/mol. The predicted molar refractivity (Wildman–Crippen MR) is 44.3 cm³/mol. The number of hydrogen-bond donors (Lipinski definition) is 0. The second-order valence-electron chi connectivity index (χ2n) is 2.63. The maximum absolute atomic E-state index is 13.3. The van der Waals surface area contributed by atoms with Crippen molar-refractivity contribution in [3.05, 3.63) is 39.2 Å². The zero-order valence-corrected chi connectivity index (χ0v) is 7.79. The van der Waals surface area contributed by atoms with Gasteiger partial charge in [0, 0.05) is 6.07 Å². The van der Waals surface area contributed by atoms with Crippen LogP contribution < -0.4 is 0 Å². The average Bonchev–Trinajstić information content (AvgIpc) is 2.15. The Hall–Kier alpha value is -2.12. The summed E-state index contributed by atoms with van der Waals surface area (Å²) in [5.74, 6) is -6.62. The molecule has 0 bridgehead atoms. The molecule has 0 unspecified atom stereocenters. The maximum Gasteiger partial charge on any atom is 0.344 e. The summed E-state index contributed by atoms with van der Waals surface area (Å²) in [7, 11) is 0.830. The SMILES string of the molecule is COC(=O)c1c(F)cc(F)c([N+](=O)[O-])c1F. The van der Waals surface area contributed by atoms with Crippen LogP contribution in [-0.4, -0.2) is 18.0 Å². The van der Waals surface area contributed by atoms with Gasteiger partial charge in [0.15, 0.2) is 0 Å². The van der Waals surface area contributed by atoms with Gasteiger partial charge in [-0.3, -0.25) is 10.1 Å². The van der Waals surface area contributed by atoms with Gasteiger partial charge in [-0.1, -0.05) is 0 Å². The number of nitro benzene ring substituents is 1. The molecule has 0 radical (unpaired) electrons. The molecule has 86 valence electrons. The summed E-state index contributed by atoms with van der Waals surface area (Å²) in [6, 6.07) is 0.0491. The molecule has 0 fully saturated rings. The van der Waals surface area contributed by atoms with E-state index in [4.69, 9.17) is 0 Å². The summed E-state index contributed by atoms with van der Waals surface area (Å²) < 4.78 is 43.1. The summed E-state index contributed by atoms with van der Waals surface area (Å²) in [6.45, 7) is 0. The standard InChI is InChI=1S/C8H4F3NO4/c1-16-8(13)5-3(9)2-4(10)7(6(5)11)12(14)15/h2H,1H3. The van der Waals surface area contributed by atoms with E-state index in [2.05, 4.69) is 4.74 Å². The Labute approximate surface area is 86.6 Å². The van der Waals surface area contributed by atoms with Crippen molar-refractivity contribution in [2.24, 2.45) is 0 Å². The number of carbonyl (C=O) groups excluding carboxylic acids is 1. The van der Waals surface area contributed by atoms with Crippen molar-refractivity contribution < 1.29 is 27.6 Å². The normalized spacial score (nSPS) is 10.0. The maximum atomic E-state index is 13.3. The van der Waals surface area contributed by atoms with Crippen LogP contribution in [0.4, 0.5) is 18.9 Å². The lowest BCUT2D eigenvalue weighted by Gasteiger charge is -2.03. The Kier molecular flexibility index (Phi) is 3.11. The van der Waals surface area contributed by atoms with Gasteiger partial charge >= 0.3 is 11.7 Å². The highest BCUT2D eigenvalue weighted by Crippen LogP contribution is 2.27. The largest absolute Gasteiger partial charge is 0.465 e. The number of nitro groups is 1. The third-order valence-electron chi connectivity index (χ3n) is 1.72. The number of esters is 1. The van der Waals surface area contributed by atoms with Gasteiger partial charge in [0.2, 0.25) is 11.6 Å². The zero-order chi connectivity index (χ0) is 12.5. The van der Waals surface area contributed by atoms with Crippen molar-refractivity contribution in [1.82, 2.24) is 0 Å². The average molecular weight is 235 g/mol. The van der Waals surface area contributed by atoms with Gasteiger partial charge in [-0.15, -0.1) is 0 Å². The van der Waals surface area contributed by atoms with Crippen LogP contribution in [-0.2, 0) is 4.74 Å². The molecule has 0 aliphatic carbocycles. The number of halogens is 3. The zero-order valence-electron chi connectivity index (χ0n) is 7.79. The van der Waals surface area contributed by atoms with E-state index in [0.717, 1.165) is 7.11 Å². The van der Waals surface area contributed by atoms with E-state index in [1.807, 2.05) is 0 Å². The molecule has 0 aliphatic rings. The fourth-order valence-corrected chi connectivity index (χ4v) is 1.04. The molecule has 0 amide bonds. The molecule has 1 aromatic carbocycles. The van der Waals surface area contributed by atoms with E-state index < -0.39 is 39.6 Å².